The number of halogens is 1. The lowest BCUT2D eigenvalue weighted by molar-refractivity contribution is 0.349. The van der Waals surface area contributed by atoms with Crippen molar-refractivity contribution in [2.75, 3.05) is 0 Å². The quantitative estimate of drug-likeness (QED) is 0.551. The van der Waals surface area contributed by atoms with Crippen LogP contribution in [0.5, 0.6) is 0 Å². The number of rotatable bonds is 0. The number of aliphatic imine (C=N–C) groups is 1. The zero-order valence-corrected chi connectivity index (χ0v) is 8.89. The summed E-state index contributed by atoms with van der Waals surface area (Å²) in [6, 6.07) is 0.720. The van der Waals surface area contributed by atoms with E-state index in [0.717, 1.165) is 12.8 Å². The molecule has 0 bridgehead atoms. The van der Waals surface area contributed by atoms with Gasteiger partial charge in [0, 0.05) is 12.1 Å². The maximum atomic E-state index is 5.72. The highest BCUT2D eigenvalue weighted by Gasteiger charge is 2.26. The van der Waals surface area contributed by atoms with Crippen molar-refractivity contribution in [2.45, 2.75) is 37.8 Å². The van der Waals surface area contributed by atoms with Gasteiger partial charge in [-0.15, -0.1) is 12.4 Å². The van der Waals surface area contributed by atoms with Gasteiger partial charge in [0.1, 0.15) is 5.84 Å². The number of hydrogen-bond acceptors (Lipinski definition) is 4. The average molecular weight is 217 g/mol. The Hall–Kier alpha value is -0.900. The lowest BCUT2D eigenvalue weighted by Crippen LogP contribution is -2.41. The Bertz CT molecular complexity index is 262. The fourth-order valence-corrected chi connectivity index (χ4v) is 2.08. The van der Waals surface area contributed by atoms with Crippen LogP contribution in [-0.2, 0) is 0 Å². The topological polar surface area (TPSA) is 76.4 Å². The van der Waals surface area contributed by atoms with Crippen LogP contribution in [-0.4, -0.2) is 17.9 Å². The highest BCUT2D eigenvalue weighted by molar-refractivity contribution is 5.92. The van der Waals surface area contributed by atoms with Crippen LogP contribution in [0.25, 0.3) is 0 Å². The first-order valence-electron chi connectivity index (χ1n) is 4.83. The fraction of sp³-hybridized carbons (Fsp3) is 0.667. The van der Waals surface area contributed by atoms with Gasteiger partial charge in [-0.1, -0.05) is 12.8 Å². The molecular weight excluding hydrogens is 200 g/mol. The van der Waals surface area contributed by atoms with Gasteiger partial charge in [0.2, 0.25) is 0 Å². The Morgan fingerprint density at radius 3 is 2.79 bits per heavy atom. The Morgan fingerprint density at radius 2 is 2.00 bits per heavy atom. The first-order valence-corrected chi connectivity index (χ1v) is 4.83. The van der Waals surface area contributed by atoms with Crippen molar-refractivity contribution in [2.24, 2.45) is 16.5 Å². The number of nitrogens with zero attached hydrogens (tertiary/aromatic N) is 1. The van der Waals surface area contributed by atoms with Crippen LogP contribution in [0, 0.1) is 0 Å². The van der Waals surface area contributed by atoms with E-state index < -0.39 is 0 Å². The largest absolute Gasteiger partial charge is 0.385 e. The van der Waals surface area contributed by atoms with Gasteiger partial charge in [0.05, 0.1) is 11.9 Å². The zero-order valence-electron chi connectivity index (χ0n) is 8.07. The predicted octanol–water partition coefficient (Wildman–Crippen LogP) is 0.480. The lowest BCUT2D eigenvalue weighted by Gasteiger charge is -2.28. The summed E-state index contributed by atoms with van der Waals surface area (Å²) in [7, 11) is 0. The normalized spacial score (nSPS) is 31.1. The van der Waals surface area contributed by atoms with Crippen molar-refractivity contribution in [3.8, 4) is 0 Å². The summed E-state index contributed by atoms with van der Waals surface area (Å²) in [5, 5.41) is 3.26. The van der Waals surface area contributed by atoms with Crippen LogP contribution in [0.4, 0.5) is 0 Å². The maximum Gasteiger partial charge on any atom is 0.122 e. The highest BCUT2D eigenvalue weighted by atomic mass is 35.5. The molecule has 0 saturated heterocycles. The van der Waals surface area contributed by atoms with Gasteiger partial charge in [-0.3, -0.25) is 4.99 Å². The monoisotopic (exact) mass is 216 g/mol. The molecule has 0 aromatic rings. The van der Waals surface area contributed by atoms with Gasteiger partial charge >= 0.3 is 0 Å². The molecule has 1 heterocycles. The third-order valence-corrected chi connectivity index (χ3v) is 2.70. The summed E-state index contributed by atoms with van der Waals surface area (Å²) in [6.45, 7) is 0. The molecule has 2 rings (SSSR count). The first kappa shape index (κ1) is 11.2. The minimum absolute atomic E-state index is 0. The van der Waals surface area contributed by atoms with Crippen LogP contribution in [0.3, 0.4) is 0 Å². The molecule has 5 heteroatoms. The molecule has 2 aliphatic rings. The molecule has 1 saturated carbocycles. The number of hydrogen-bond donors (Lipinski definition) is 3. The van der Waals surface area contributed by atoms with Crippen molar-refractivity contribution in [1.29, 1.82) is 0 Å². The minimum atomic E-state index is 0. The smallest absolute Gasteiger partial charge is 0.122 e. The van der Waals surface area contributed by atoms with Gasteiger partial charge in [0.25, 0.3) is 0 Å². The van der Waals surface area contributed by atoms with Crippen LogP contribution in [0.15, 0.2) is 16.9 Å². The van der Waals surface area contributed by atoms with Crippen molar-refractivity contribution < 1.29 is 0 Å². The Labute approximate surface area is 90.2 Å². The van der Waals surface area contributed by atoms with E-state index in [4.69, 9.17) is 11.5 Å². The molecule has 1 aliphatic heterocycles. The molecule has 2 atom stereocenters. The molecule has 0 unspecified atom stereocenters. The summed E-state index contributed by atoms with van der Waals surface area (Å²) in [4.78, 5) is 4.42. The van der Waals surface area contributed by atoms with E-state index in [1.165, 1.54) is 12.8 Å². The Morgan fingerprint density at radius 1 is 1.29 bits per heavy atom. The van der Waals surface area contributed by atoms with Crippen LogP contribution >= 0.6 is 12.4 Å². The van der Waals surface area contributed by atoms with E-state index in [-0.39, 0.29) is 12.4 Å². The molecule has 14 heavy (non-hydrogen) atoms. The maximum absolute atomic E-state index is 5.72. The van der Waals surface area contributed by atoms with E-state index in [1.54, 1.807) is 6.08 Å². The Kier molecular flexibility index (Phi) is 3.63. The highest BCUT2D eigenvalue weighted by Crippen LogP contribution is 2.22. The second kappa shape index (κ2) is 4.55. The molecule has 80 valence electrons. The average Bonchev–Trinajstić information content (AvgIpc) is 2.20. The summed E-state index contributed by atoms with van der Waals surface area (Å²) in [6.07, 6.45) is 6.49. The van der Waals surface area contributed by atoms with E-state index in [9.17, 15) is 0 Å². The first-order chi connectivity index (χ1) is 6.25. The van der Waals surface area contributed by atoms with E-state index in [2.05, 4.69) is 10.3 Å². The minimum Gasteiger partial charge on any atom is -0.385 e. The van der Waals surface area contributed by atoms with E-state index in [1.807, 2.05) is 0 Å². The summed E-state index contributed by atoms with van der Waals surface area (Å²) in [5.74, 6) is 1.20. The van der Waals surface area contributed by atoms with Gasteiger partial charge in [-0.05, 0) is 12.8 Å². The van der Waals surface area contributed by atoms with Crippen molar-refractivity contribution in [1.82, 2.24) is 5.32 Å². The fourth-order valence-electron chi connectivity index (χ4n) is 2.08. The molecule has 5 N–H and O–H groups in total. The van der Waals surface area contributed by atoms with Crippen LogP contribution in [0.2, 0.25) is 0 Å². The number of nitrogens with two attached hydrogens (primary N) is 2. The van der Waals surface area contributed by atoms with Gasteiger partial charge in [-0.2, -0.15) is 0 Å². The molecule has 0 aromatic carbocycles. The lowest BCUT2D eigenvalue weighted by atomic mass is 9.91. The zero-order chi connectivity index (χ0) is 9.26. The van der Waals surface area contributed by atoms with Crippen molar-refractivity contribution >= 4 is 18.2 Å². The third-order valence-electron chi connectivity index (χ3n) is 2.70. The Balaban J connectivity index is 0.000000980. The molecular formula is C9H17ClN4. The summed E-state index contributed by atoms with van der Waals surface area (Å²) in [5.41, 5.74) is 11.4. The molecule has 0 spiro atoms. The van der Waals surface area contributed by atoms with Gasteiger partial charge in [-0.25, -0.2) is 0 Å². The third kappa shape index (κ3) is 2.32. The number of nitrogens with one attached hydrogen (secondary N) is 1. The SMILES string of the molecule is Cl.NC1=CC(N)=N[C@@H]2CCCC[C@H]2N1. The second-order valence-electron chi connectivity index (χ2n) is 3.76. The molecule has 1 aliphatic carbocycles. The van der Waals surface area contributed by atoms with Crippen molar-refractivity contribution in [3.63, 3.8) is 0 Å². The molecule has 0 aromatic heterocycles. The summed E-state index contributed by atoms with van der Waals surface area (Å²) >= 11 is 0. The molecule has 1 fully saturated rings. The second-order valence-corrected chi connectivity index (χ2v) is 3.76. The molecule has 4 nitrogen and oxygen atoms in total. The molecule has 0 amide bonds. The van der Waals surface area contributed by atoms with E-state index in [0.29, 0.717) is 23.7 Å². The number of amidine groups is 1. The van der Waals surface area contributed by atoms with Crippen LogP contribution < -0.4 is 16.8 Å². The number of fused-ring (bicyclic) bond motifs is 1. The van der Waals surface area contributed by atoms with Gasteiger partial charge < -0.3 is 16.8 Å². The van der Waals surface area contributed by atoms with Gasteiger partial charge in [0.15, 0.2) is 0 Å². The van der Waals surface area contributed by atoms with E-state index >= 15 is 0 Å². The molecule has 0 radical (unpaired) electrons. The predicted molar refractivity (Wildman–Crippen MR) is 60.3 cm³/mol. The van der Waals surface area contributed by atoms with Crippen LogP contribution in [0.1, 0.15) is 25.7 Å². The standard InChI is InChI=1S/C9H16N4.ClH/c10-8-5-9(11)13-7-4-2-1-3-6(7)12-8;/h5-7,12H,1-4,10H2,(H2,11,13);1H/t6-,7-;/m1./s1. The summed E-state index contributed by atoms with van der Waals surface area (Å²) < 4.78 is 0. The van der Waals surface area contributed by atoms with Crippen molar-refractivity contribution in [3.05, 3.63) is 11.9 Å².